The Kier molecular flexibility index (Phi) is 2.72. The van der Waals surface area contributed by atoms with E-state index < -0.39 is 11.7 Å². The quantitative estimate of drug-likeness (QED) is 0.581. The number of carbonyl (C=O) groups is 1. The maximum Gasteiger partial charge on any atom is 0.336 e. The molecular weight excluding hydrogens is 208 g/mol. The highest BCUT2D eigenvalue weighted by atomic mass is 16.5. The molecule has 0 N–H and O–H groups in total. The molecule has 0 bridgehead atoms. The van der Waals surface area contributed by atoms with Gasteiger partial charge in [-0.15, -0.1) is 0 Å². The lowest BCUT2D eigenvalue weighted by Crippen LogP contribution is -2.12. The van der Waals surface area contributed by atoms with Crippen molar-refractivity contribution in [1.82, 2.24) is 0 Å². The van der Waals surface area contributed by atoms with E-state index in [1.54, 1.807) is 31.2 Å². The molecule has 4 nitrogen and oxygen atoms in total. The summed E-state index contributed by atoms with van der Waals surface area (Å²) in [6.45, 7) is 1.64. The Hall–Kier alpha value is -2.10. The van der Waals surface area contributed by atoms with Gasteiger partial charge in [0.1, 0.15) is 11.3 Å². The lowest BCUT2D eigenvalue weighted by molar-refractivity contribution is -0.113. The Morgan fingerprint density at radius 1 is 1.31 bits per heavy atom. The van der Waals surface area contributed by atoms with Crippen LogP contribution in [0.25, 0.3) is 11.0 Å². The van der Waals surface area contributed by atoms with E-state index in [0.717, 1.165) is 5.39 Å². The summed E-state index contributed by atoms with van der Waals surface area (Å²) in [4.78, 5) is 21.4. The van der Waals surface area contributed by atoms with Crippen molar-refractivity contribution < 1.29 is 13.9 Å². The number of rotatable bonds is 3. The number of benzene rings is 1. The Balaban J connectivity index is 2.42. The van der Waals surface area contributed by atoms with Gasteiger partial charge in [0.15, 0.2) is 12.4 Å². The molecule has 1 atom stereocenters. The summed E-state index contributed by atoms with van der Waals surface area (Å²) in [5.41, 5.74) is 0.0381. The topological polar surface area (TPSA) is 56.5 Å². The number of fused-ring (bicyclic) bond motifs is 1. The monoisotopic (exact) mass is 218 g/mol. The zero-order valence-electron chi connectivity index (χ0n) is 8.67. The maximum absolute atomic E-state index is 11.0. The summed E-state index contributed by atoms with van der Waals surface area (Å²) in [5, 5.41) is 0.811. The molecule has 4 heteroatoms. The number of hydrogen-bond acceptors (Lipinski definition) is 4. The summed E-state index contributed by atoms with van der Waals surface area (Å²) in [6.07, 6.45) is 0.179. The molecule has 0 spiro atoms. The van der Waals surface area contributed by atoms with Crippen LogP contribution in [0.15, 0.2) is 39.5 Å². The zero-order valence-corrected chi connectivity index (χ0v) is 8.67. The van der Waals surface area contributed by atoms with Gasteiger partial charge in [-0.1, -0.05) is 0 Å². The van der Waals surface area contributed by atoms with Gasteiger partial charge in [-0.3, -0.25) is 4.79 Å². The second-order valence-corrected chi connectivity index (χ2v) is 3.41. The van der Waals surface area contributed by atoms with Gasteiger partial charge in [-0.2, -0.15) is 0 Å². The van der Waals surface area contributed by atoms with Gasteiger partial charge in [0.25, 0.3) is 0 Å². The molecule has 0 aliphatic rings. The van der Waals surface area contributed by atoms with Crippen LogP contribution >= 0.6 is 0 Å². The first-order valence-corrected chi connectivity index (χ1v) is 4.85. The van der Waals surface area contributed by atoms with Gasteiger partial charge in [-0.25, -0.2) is 4.79 Å². The first kappa shape index (κ1) is 10.4. The van der Waals surface area contributed by atoms with Gasteiger partial charge in [0.05, 0.1) is 0 Å². The zero-order chi connectivity index (χ0) is 11.5. The molecule has 0 saturated heterocycles. The molecule has 0 aliphatic carbocycles. The molecule has 1 aromatic carbocycles. The van der Waals surface area contributed by atoms with Gasteiger partial charge in [0.2, 0.25) is 0 Å². The van der Waals surface area contributed by atoms with Crippen LogP contribution < -0.4 is 10.4 Å². The average molecular weight is 218 g/mol. The summed E-state index contributed by atoms with van der Waals surface area (Å²) < 4.78 is 10.3. The fraction of sp³-hybridized carbons (Fsp3) is 0.167. The van der Waals surface area contributed by atoms with Crippen molar-refractivity contribution in [2.45, 2.75) is 13.0 Å². The van der Waals surface area contributed by atoms with Crippen LogP contribution in [-0.2, 0) is 4.79 Å². The van der Waals surface area contributed by atoms with Crippen LogP contribution in [0.4, 0.5) is 0 Å². The van der Waals surface area contributed by atoms with Crippen molar-refractivity contribution >= 4 is 17.3 Å². The van der Waals surface area contributed by atoms with Gasteiger partial charge < -0.3 is 9.15 Å². The molecule has 2 rings (SSSR count). The number of carbonyl (C=O) groups excluding carboxylic acids is 1. The summed E-state index contributed by atoms with van der Waals surface area (Å²) in [6, 6.07) is 8.12. The van der Waals surface area contributed by atoms with Crippen molar-refractivity contribution in [1.29, 1.82) is 0 Å². The van der Waals surface area contributed by atoms with E-state index in [9.17, 15) is 9.59 Å². The van der Waals surface area contributed by atoms with Gasteiger partial charge >= 0.3 is 5.63 Å². The summed E-state index contributed by atoms with van der Waals surface area (Å²) in [7, 11) is 0. The van der Waals surface area contributed by atoms with Crippen LogP contribution in [-0.4, -0.2) is 12.4 Å². The van der Waals surface area contributed by atoms with E-state index in [2.05, 4.69) is 0 Å². The van der Waals surface area contributed by atoms with E-state index in [1.165, 1.54) is 6.07 Å². The third-order valence-corrected chi connectivity index (χ3v) is 2.11. The van der Waals surface area contributed by atoms with Crippen molar-refractivity contribution in [3.63, 3.8) is 0 Å². The van der Waals surface area contributed by atoms with Crippen LogP contribution in [0.2, 0.25) is 0 Å². The van der Waals surface area contributed by atoms with Gasteiger partial charge in [-0.05, 0) is 25.1 Å². The highest BCUT2D eigenvalue weighted by Gasteiger charge is 2.04. The van der Waals surface area contributed by atoms with Crippen LogP contribution in [0.5, 0.6) is 5.75 Å². The van der Waals surface area contributed by atoms with E-state index in [-0.39, 0.29) is 0 Å². The summed E-state index contributed by atoms with van der Waals surface area (Å²) in [5.74, 6) is 0.501. The van der Waals surface area contributed by atoms with Crippen molar-refractivity contribution in [2.24, 2.45) is 0 Å². The molecule has 82 valence electrons. The molecule has 1 unspecified atom stereocenters. The molecular formula is C12H10O4. The first-order chi connectivity index (χ1) is 7.69. The highest BCUT2D eigenvalue weighted by Crippen LogP contribution is 2.19. The first-order valence-electron chi connectivity index (χ1n) is 4.85. The van der Waals surface area contributed by atoms with Crippen molar-refractivity contribution in [2.75, 3.05) is 0 Å². The minimum Gasteiger partial charge on any atom is -0.483 e. The van der Waals surface area contributed by atoms with E-state index in [0.29, 0.717) is 17.6 Å². The Bertz CT molecular complexity index is 570. The van der Waals surface area contributed by atoms with Gasteiger partial charge in [0, 0.05) is 17.5 Å². The van der Waals surface area contributed by atoms with Crippen molar-refractivity contribution in [3.8, 4) is 5.75 Å². The van der Waals surface area contributed by atoms with E-state index >= 15 is 0 Å². The average Bonchev–Trinajstić information content (AvgIpc) is 2.28. The predicted molar refractivity (Wildman–Crippen MR) is 58.6 cm³/mol. The normalized spacial score (nSPS) is 12.3. The van der Waals surface area contributed by atoms with Crippen LogP contribution in [0.1, 0.15) is 6.92 Å². The molecule has 0 saturated carbocycles. The molecule has 0 aliphatic heterocycles. The molecule has 0 radical (unpaired) electrons. The summed E-state index contributed by atoms with van der Waals surface area (Å²) >= 11 is 0. The number of aldehydes is 1. The predicted octanol–water partition coefficient (Wildman–Crippen LogP) is 1.76. The standard InChI is InChI=1S/C12H10O4/c1-8(7-13)15-10-4-2-9-3-5-12(14)16-11(9)6-10/h2-8H,1H3. The smallest absolute Gasteiger partial charge is 0.336 e. The fourth-order valence-corrected chi connectivity index (χ4v) is 1.36. The lowest BCUT2D eigenvalue weighted by Gasteiger charge is -2.08. The maximum atomic E-state index is 11.0. The lowest BCUT2D eigenvalue weighted by atomic mass is 10.2. The third-order valence-electron chi connectivity index (χ3n) is 2.11. The van der Waals surface area contributed by atoms with Crippen molar-refractivity contribution in [3.05, 3.63) is 40.8 Å². The molecule has 16 heavy (non-hydrogen) atoms. The second-order valence-electron chi connectivity index (χ2n) is 3.41. The van der Waals surface area contributed by atoms with E-state index in [4.69, 9.17) is 9.15 Å². The van der Waals surface area contributed by atoms with E-state index in [1.807, 2.05) is 0 Å². The minimum absolute atomic E-state index is 0.409. The molecule has 1 aromatic heterocycles. The van der Waals surface area contributed by atoms with Crippen LogP contribution in [0.3, 0.4) is 0 Å². The Labute approximate surface area is 91.4 Å². The number of ether oxygens (including phenoxy) is 1. The molecule has 1 heterocycles. The Morgan fingerprint density at radius 3 is 2.81 bits per heavy atom. The second kappa shape index (κ2) is 4.18. The third kappa shape index (κ3) is 2.11. The SMILES string of the molecule is CC(C=O)Oc1ccc2ccc(=O)oc2c1. The molecule has 0 amide bonds. The molecule has 0 fully saturated rings. The highest BCUT2D eigenvalue weighted by molar-refractivity contribution is 5.77. The number of hydrogen-bond donors (Lipinski definition) is 0. The van der Waals surface area contributed by atoms with Crippen LogP contribution in [0, 0.1) is 0 Å². The fourth-order valence-electron chi connectivity index (χ4n) is 1.36. The Morgan fingerprint density at radius 2 is 2.06 bits per heavy atom. The molecule has 2 aromatic rings. The largest absolute Gasteiger partial charge is 0.483 e. The minimum atomic E-state index is -0.520.